The minimum Gasteiger partial charge on any atom is -0.398 e. The van der Waals surface area contributed by atoms with Crippen LogP contribution in [0.1, 0.15) is 13.3 Å². The summed E-state index contributed by atoms with van der Waals surface area (Å²) in [5.41, 5.74) is 8.11. The fraction of sp³-hybridized carbons (Fsp3) is 0.357. The van der Waals surface area contributed by atoms with Crippen LogP contribution < -0.4 is 10.6 Å². The number of hydrogen-bond acceptors (Lipinski definition) is 3. The minimum absolute atomic E-state index is 0.777. The third-order valence-corrected chi connectivity index (χ3v) is 3.59. The van der Waals surface area contributed by atoms with E-state index in [9.17, 15) is 0 Å². The predicted molar refractivity (Wildman–Crippen MR) is 72.1 cm³/mol. The van der Waals surface area contributed by atoms with Crippen LogP contribution in [0, 0.1) is 5.92 Å². The number of hydrogen-bond donors (Lipinski definition) is 1. The lowest BCUT2D eigenvalue weighted by Gasteiger charge is -2.20. The second-order valence-corrected chi connectivity index (χ2v) is 4.94. The van der Waals surface area contributed by atoms with Crippen LogP contribution in [0.3, 0.4) is 0 Å². The Balaban J connectivity index is 2.14. The summed E-state index contributed by atoms with van der Waals surface area (Å²) in [5.74, 6) is 0.777. The van der Waals surface area contributed by atoms with Gasteiger partial charge in [-0.15, -0.1) is 0 Å². The second-order valence-electron chi connectivity index (χ2n) is 4.94. The molecule has 1 aliphatic rings. The van der Waals surface area contributed by atoms with Gasteiger partial charge >= 0.3 is 0 Å². The molecule has 0 bridgehead atoms. The Morgan fingerprint density at radius 1 is 1.29 bits per heavy atom. The molecule has 88 valence electrons. The lowest BCUT2D eigenvalue weighted by atomic mass is 10.1. The highest BCUT2D eigenvalue weighted by Gasteiger charge is 2.20. The molecule has 0 saturated carbocycles. The molecule has 2 heterocycles. The molecular weight excluding hydrogens is 210 g/mol. The number of nitrogens with zero attached hydrogens (tertiary/aromatic N) is 2. The van der Waals surface area contributed by atoms with E-state index < -0.39 is 0 Å². The number of benzene rings is 1. The van der Waals surface area contributed by atoms with E-state index in [1.807, 2.05) is 18.3 Å². The topological polar surface area (TPSA) is 42.1 Å². The molecule has 2 aromatic rings. The first-order valence-electron chi connectivity index (χ1n) is 6.13. The van der Waals surface area contributed by atoms with E-state index in [2.05, 4.69) is 22.9 Å². The molecule has 1 aliphatic heterocycles. The van der Waals surface area contributed by atoms with Crippen LogP contribution in [0.2, 0.25) is 0 Å². The van der Waals surface area contributed by atoms with E-state index >= 15 is 0 Å². The number of nitrogens with two attached hydrogens (primary N) is 1. The Kier molecular flexibility index (Phi) is 2.39. The number of nitrogen functional groups attached to an aromatic ring is 1. The van der Waals surface area contributed by atoms with Crippen molar-refractivity contribution in [2.24, 2.45) is 5.92 Å². The summed E-state index contributed by atoms with van der Waals surface area (Å²) in [4.78, 5) is 6.66. The van der Waals surface area contributed by atoms with Gasteiger partial charge < -0.3 is 10.6 Å². The van der Waals surface area contributed by atoms with Crippen molar-refractivity contribution < 1.29 is 0 Å². The van der Waals surface area contributed by atoms with Crippen LogP contribution in [-0.4, -0.2) is 18.1 Å². The average molecular weight is 227 g/mol. The standard InChI is InChI=1S/C14H17N3/c1-10-5-7-17(9-10)14-3-2-13(15)11-4-6-16-8-12(11)14/h2-4,6,8,10H,5,7,9,15H2,1H3. The fourth-order valence-electron chi connectivity index (χ4n) is 2.63. The SMILES string of the molecule is CC1CCN(c2ccc(N)c3ccncc23)C1. The summed E-state index contributed by atoms with van der Waals surface area (Å²) in [6.45, 7) is 4.57. The Morgan fingerprint density at radius 3 is 2.94 bits per heavy atom. The van der Waals surface area contributed by atoms with Crippen LogP contribution in [-0.2, 0) is 0 Å². The summed E-state index contributed by atoms with van der Waals surface area (Å²) in [7, 11) is 0. The summed E-state index contributed by atoms with van der Waals surface area (Å²) in [5, 5.41) is 2.28. The summed E-state index contributed by atoms with van der Waals surface area (Å²) < 4.78 is 0. The molecule has 0 spiro atoms. The Bertz CT molecular complexity index is 550. The first-order valence-corrected chi connectivity index (χ1v) is 6.13. The molecule has 1 aromatic carbocycles. The molecule has 3 rings (SSSR count). The molecule has 1 unspecified atom stereocenters. The maximum absolute atomic E-state index is 6.00. The van der Waals surface area contributed by atoms with Gasteiger partial charge in [0.15, 0.2) is 0 Å². The zero-order valence-electron chi connectivity index (χ0n) is 10.1. The Labute approximate surface area is 101 Å². The molecular formula is C14H17N3. The van der Waals surface area contributed by atoms with Gasteiger partial charge in [-0.1, -0.05) is 6.92 Å². The molecule has 0 aliphatic carbocycles. The first kappa shape index (κ1) is 10.4. The number of rotatable bonds is 1. The highest BCUT2D eigenvalue weighted by molar-refractivity contribution is 6.00. The molecule has 17 heavy (non-hydrogen) atoms. The second kappa shape index (κ2) is 3.91. The van der Waals surface area contributed by atoms with Gasteiger partial charge in [-0.25, -0.2) is 0 Å². The normalized spacial score (nSPS) is 20.1. The lowest BCUT2D eigenvalue weighted by Crippen LogP contribution is -2.19. The zero-order chi connectivity index (χ0) is 11.8. The van der Waals surface area contributed by atoms with Gasteiger partial charge in [0.05, 0.1) is 0 Å². The summed E-state index contributed by atoms with van der Waals surface area (Å²) in [6, 6.07) is 6.12. The van der Waals surface area contributed by atoms with Crippen LogP contribution in [0.25, 0.3) is 10.8 Å². The molecule has 3 nitrogen and oxygen atoms in total. The van der Waals surface area contributed by atoms with Crippen molar-refractivity contribution in [1.82, 2.24) is 4.98 Å². The maximum atomic E-state index is 6.00. The van der Waals surface area contributed by atoms with Crippen molar-refractivity contribution in [3.05, 3.63) is 30.6 Å². The molecule has 1 atom stereocenters. The molecule has 0 amide bonds. The average Bonchev–Trinajstić information content (AvgIpc) is 2.77. The van der Waals surface area contributed by atoms with Crippen molar-refractivity contribution >= 4 is 22.1 Å². The zero-order valence-corrected chi connectivity index (χ0v) is 10.1. The van der Waals surface area contributed by atoms with Crippen molar-refractivity contribution in [2.75, 3.05) is 23.7 Å². The monoisotopic (exact) mass is 227 g/mol. The smallest absolute Gasteiger partial charge is 0.0463 e. The van der Waals surface area contributed by atoms with E-state index in [1.54, 1.807) is 6.20 Å². The van der Waals surface area contributed by atoms with Gasteiger partial charge in [0.1, 0.15) is 0 Å². The molecule has 1 aromatic heterocycles. The number of aromatic nitrogens is 1. The molecule has 3 heteroatoms. The molecule has 2 N–H and O–H groups in total. The largest absolute Gasteiger partial charge is 0.398 e. The van der Waals surface area contributed by atoms with Gasteiger partial charge in [-0.05, 0) is 30.5 Å². The van der Waals surface area contributed by atoms with Gasteiger partial charge in [-0.3, -0.25) is 4.98 Å². The third kappa shape index (κ3) is 1.71. The van der Waals surface area contributed by atoms with Crippen molar-refractivity contribution in [3.63, 3.8) is 0 Å². The van der Waals surface area contributed by atoms with Gasteiger partial charge in [0.2, 0.25) is 0 Å². The van der Waals surface area contributed by atoms with Gasteiger partial charge in [-0.2, -0.15) is 0 Å². The van der Waals surface area contributed by atoms with Crippen LogP contribution >= 0.6 is 0 Å². The third-order valence-electron chi connectivity index (χ3n) is 3.59. The van der Waals surface area contributed by atoms with E-state index in [1.165, 1.54) is 17.5 Å². The Morgan fingerprint density at radius 2 is 2.18 bits per heavy atom. The summed E-state index contributed by atoms with van der Waals surface area (Å²) in [6.07, 6.45) is 4.99. The van der Waals surface area contributed by atoms with E-state index in [-0.39, 0.29) is 0 Å². The Hall–Kier alpha value is -1.77. The minimum atomic E-state index is 0.777. The predicted octanol–water partition coefficient (Wildman–Crippen LogP) is 2.66. The van der Waals surface area contributed by atoms with Crippen molar-refractivity contribution in [1.29, 1.82) is 0 Å². The molecule has 1 saturated heterocycles. The highest BCUT2D eigenvalue weighted by atomic mass is 15.1. The van der Waals surface area contributed by atoms with Crippen LogP contribution in [0.5, 0.6) is 0 Å². The van der Waals surface area contributed by atoms with E-state index in [4.69, 9.17) is 5.73 Å². The van der Waals surface area contributed by atoms with Crippen molar-refractivity contribution in [3.8, 4) is 0 Å². The van der Waals surface area contributed by atoms with E-state index in [0.717, 1.165) is 30.1 Å². The molecule has 1 fully saturated rings. The number of fused-ring (bicyclic) bond motifs is 1. The van der Waals surface area contributed by atoms with Gasteiger partial charge in [0.25, 0.3) is 0 Å². The highest BCUT2D eigenvalue weighted by Crippen LogP contribution is 2.33. The fourth-order valence-corrected chi connectivity index (χ4v) is 2.63. The number of anilines is 2. The maximum Gasteiger partial charge on any atom is 0.0463 e. The summed E-state index contributed by atoms with van der Waals surface area (Å²) >= 11 is 0. The first-order chi connectivity index (χ1) is 8.25. The van der Waals surface area contributed by atoms with Crippen LogP contribution in [0.15, 0.2) is 30.6 Å². The lowest BCUT2D eigenvalue weighted by molar-refractivity contribution is 0.659. The number of pyridine rings is 1. The van der Waals surface area contributed by atoms with Crippen LogP contribution in [0.4, 0.5) is 11.4 Å². The van der Waals surface area contributed by atoms with Crippen molar-refractivity contribution in [2.45, 2.75) is 13.3 Å². The van der Waals surface area contributed by atoms with E-state index in [0.29, 0.717) is 0 Å². The molecule has 0 radical (unpaired) electrons. The quantitative estimate of drug-likeness (QED) is 0.762. The van der Waals surface area contributed by atoms with Gasteiger partial charge in [0, 0.05) is 47.6 Å².